The summed E-state index contributed by atoms with van der Waals surface area (Å²) in [6.07, 6.45) is 6.70. The molecule has 0 N–H and O–H groups in total. The van der Waals surface area contributed by atoms with E-state index in [-0.39, 0.29) is 6.10 Å². The number of nitrogens with zero attached hydrogens (tertiary/aromatic N) is 3. The summed E-state index contributed by atoms with van der Waals surface area (Å²) in [6, 6.07) is 8.47. The fourth-order valence-corrected chi connectivity index (χ4v) is 3.93. The third-order valence-corrected chi connectivity index (χ3v) is 5.27. The summed E-state index contributed by atoms with van der Waals surface area (Å²) >= 11 is 0. The molecule has 6 heteroatoms. The van der Waals surface area contributed by atoms with Crippen molar-refractivity contribution in [3.63, 3.8) is 0 Å². The fraction of sp³-hybridized carbons (Fsp3) is 0.600. The third-order valence-electron chi connectivity index (χ3n) is 5.27. The lowest BCUT2D eigenvalue weighted by molar-refractivity contribution is -0.0956. The molecule has 2 heterocycles. The van der Waals surface area contributed by atoms with Crippen molar-refractivity contribution in [2.75, 3.05) is 26.9 Å². The lowest BCUT2D eigenvalue weighted by Crippen LogP contribution is -2.27. The molecule has 1 aliphatic heterocycles. The Morgan fingerprint density at radius 3 is 2.77 bits per heavy atom. The van der Waals surface area contributed by atoms with E-state index in [4.69, 9.17) is 24.3 Å². The molecule has 6 nitrogen and oxygen atoms in total. The first-order valence-electron chi connectivity index (χ1n) is 9.61. The van der Waals surface area contributed by atoms with E-state index in [2.05, 4.69) is 10.7 Å². The number of ether oxygens (including phenoxy) is 3. The molecule has 1 aliphatic carbocycles. The molecule has 1 saturated heterocycles. The second-order valence-corrected chi connectivity index (χ2v) is 7.05. The first-order valence-corrected chi connectivity index (χ1v) is 9.61. The van der Waals surface area contributed by atoms with E-state index in [0.717, 1.165) is 35.8 Å². The van der Waals surface area contributed by atoms with E-state index in [1.807, 2.05) is 18.2 Å². The molecule has 0 unspecified atom stereocenters. The van der Waals surface area contributed by atoms with Crippen LogP contribution in [0.4, 0.5) is 0 Å². The molecular formula is C20H27N3O3. The Labute approximate surface area is 154 Å². The average molecular weight is 357 g/mol. The topological polar surface area (TPSA) is 58.4 Å². The van der Waals surface area contributed by atoms with Gasteiger partial charge in [0.05, 0.1) is 33.0 Å². The SMILES string of the molecule is COc1ccccc1Cc1nc([C@H]2COCCO2)n(C2CCCCC2)n1. The van der Waals surface area contributed by atoms with Crippen LogP contribution in [0.3, 0.4) is 0 Å². The van der Waals surface area contributed by atoms with Crippen molar-refractivity contribution in [2.45, 2.75) is 50.7 Å². The van der Waals surface area contributed by atoms with Gasteiger partial charge in [0.25, 0.3) is 0 Å². The van der Waals surface area contributed by atoms with Gasteiger partial charge in [-0.2, -0.15) is 5.10 Å². The molecule has 1 aromatic carbocycles. The van der Waals surface area contributed by atoms with Crippen LogP contribution in [0.2, 0.25) is 0 Å². The minimum atomic E-state index is -0.121. The maximum atomic E-state index is 5.93. The standard InChI is InChI=1S/C20H27N3O3/c1-24-17-10-6-5-7-15(17)13-19-21-20(18-14-25-11-12-26-18)23(22-19)16-8-3-2-4-9-16/h5-7,10,16,18H,2-4,8-9,11-14H2,1H3/t18-/m1/s1. The second kappa shape index (κ2) is 8.18. The minimum absolute atomic E-state index is 0.121. The van der Waals surface area contributed by atoms with Gasteiger partial charge in [0.2, 0.25) is 0 Å². The van der Waals surface area contributed by atoms with Crippen LogP contribution in [-0.2, 0) is 15.9 Å². The largest absolute Gasteiger partial charge is 0.496 e. The maximum Gasteiger partial charge on any atom is 0.159 e. The molecule has 0 spiro atoms. The summed E-state index contributed by atoms with van der Waals surface area (Å²) in [7, 11) is 1.70. The van der Waals surface area contributed by atoms with Crippen molar-refractivity contribution in [3.05, 3.63) is 41.5 Å². The molecule has 2 fully saturated rings. The quantitative estimate of drug-likeness (QED) is 0.820. The van der Waals surface area contributed by atoms with Gasteiger partial charge in [-0.1, -0.05) is 37.5 Å². The van der Waals surface area contributed by atoms with Crippen LogP contribution < -0.4 is 4.74 Å². The van der Waals surface area contributed by atoms with Crippen molar-refractivity contribution in [1.82, 2.24) is 14.8 Å². The maximum absolute atomic E-state index is 5.93. The summed E-state index contributed by atoms with van der Waals surface area (Å²) in [4.78, 5) is 4.87. The lowest BCUT2D eigenvalue weighted by atomic mass is 9.95. The fourth-order valence-electron chi connectivity index (χ4n) is 3.93. The molecule has 4 rings (SSSR count). The van der Waals surface area contributed by atoms with E-state index < -0.39 is 0 Å². The number of methoxy groups -OCH3 is 1. The number of rotatable bonds is 5. The smallest absolute Gasteiger partial charge is 0.159 e. The lowest BCUT2D eigenvalue weighted by Gasteiger charge is -2.27. The molecule has 1 atom stereocenters. The van der Waals surface area contributed by atoms with Crippen LogP contribution in [0, 0.1) is 0 Å². The highest BCUT2D eigenvalue weighted by Gasteiger charge is 2.28. The predicted octanol–water partition coefficient (Wildman–Crippen LogP) is 3.47. The Morgan fingerprint density at radius 2 is 2.00 bits per heavy atom. The highest BCUT2D eigenvalue weighted by molar-refractivity contribution is 5.35. The van der Waals surface area contributed by atoms with Crippen molar-refractivity contribution < 1.29 is 14.2 Å². The molecule has 1 saturated carbocycles. The zero-order chi connectivity index (χ0) is 17.8. The van der Waals surface area contributed by atoms with E-state index in [0.29, 0.717) is 32.3 Å². The predicted molar refractivity (Wildman–Crippen MR) is 97.5 cm³/mol. The van der Waals surface area contributed by atoms with Gasteiger partial charge >= 0.3 is 0 Å². The van der Waals surface area contributed by atoms with Gasteiger partial charge in [-0.25, -0.2) is 9.67 Å². The first kappa shape index (κ1) is 17.5. The number of hydrogen-bond donors (Lipinski definition) is 0. The van der Waals surface area contributed by atoms with Gasteiger partial charge in [0.1, 0.15) is 11.9 Å². The molecular weight excluding hydrogens is 330 g/mol. The molecule has 140 valence electrons. The molecule has 0 amide bonds. The molecule has 0 bridgehead atoms. The zero-order valence-corrected chi connectivity index (χ0v) is 15.4. The number of benzene rings is 1. The van der Waals surface area contributed by atoms with Crippen molar-refractivity contribution in [1.29, 1.82) is 0 Å². The third kappa shape index (κ3) is 3.76. The van der Waals surface area contributed by atoms with E-state index >= 15 is 0 Å². The van der Waals surface area contributed by atoms with Gasteiger partial charge in [0.15, 0.2) is 11.6 Å². The zero-order valence-electron chi connectivity index (χ0n) is 15.4. The highest BCUT2D eigenvalue weighted by atomic mass is 16.6. The van der Waals surface area contributed by atoms with Crippen LogP contribution in [0.25, 0.3) is 0 Å². The molecule has 2 aromatic rings. The van der Waals surface area contributed by atoms with E-state index in [1.54, 1.807) is 7.11 Å². The first-order chi connectivity index (χ1) is 12.8. The minimum Gasteiger partial charge on any atom is -0.496 e. The number of aromatic nitrogens is 3. The van der Waals surface area contributed by atoms with Gasteiger partial charge in [0, 0.05) is 12.0 Å². The Bertz CT molecular complexity index is 683. The summed E-state index contributed by atoms with van der Waals surface area (Å²) in [5.74, 6) is 2.62. The van der Waals surface area contributed by atoms with E-state index in [9.17, 15) is 0 Å². The summed E-state index contributed by atoms with van der Waals surface area (Å²) in [5, 5.41) is 4.89. The van der Waals surface area contributed by atoms with Crippen LogP contribution in [0.5, 0.6) is 5.75 Å². The Morgan fingerprint density at radius 1 is 1.15 bits per heavy atom. The Balaban J connectivity index is 1.63. The molecule has 26 heavy (non-hydrogen) atoms. The summed E-state index contributed by atoms with van der Waals surface area (Å²) < 4.78 is 19.2. The summed E-state index contributed by atoms with van der Waals surface area (Å²) in [6.45, 7) is 1.83. The van der Waals surface area contributed by atoms with Crippen molar-refractivity contribution in [3.8, 4) is 5.75 Å². The normalized spacial score (nSPS) is 21.7. The molecule has 0 radical (unpaired) electrons. The van der Waals surface area contributed by atoms with Crippen molar-refractivity contribution >= 4 is 0 Å². The van der Waals surface area contributed by atoms with Crippen LogP contribution in [0.15, 0.2) is 24.3 Å². The number of hydrogen-bond acceptors (Lipinski definition) is 5. The van der Waals surface area contributed by atoms with Gasteiger partial charge in [-0.15, -0.1) is 0 Å². The number of para-hydroxylation sites is 1. The summed E-state index contributed by atoms with van der Waals surface area (Å²) in [5.41, 5.74) is 1.10. The van der Waals surface area contributed by atoms with E-state index in [1.165, 1.54) is 19.3 Å². The average Bonchev–Trinajstić information content (AvgIpc) is 3.13. The second-order valence-electron chi connectivity index (χ2n) is 7.05. The monoisotopic (exact) mass is 357 g/mol. The van der Waals surface area contributed by atoms with Crippen LogP contribution in [-0.4, -0.2) is 41.7 Å². The van der Waals surface area contributed by atoms with Gasteiger partial charge in [-0.3, -0.25) is 0 Å². The van der Waals surface area contributed by atoms with Crippen LogP contribution >= 0.6 is 0 Å². The van der Waals surface area contributed by atoms with Crippen LogP contribution in [0.1, 0.15) is 61.5 Å². The van der Waals surface area contributed by atoms with Crippen molar-refractivity contribution in [2.24, 2.45) is 0 Å². The Hall–Kier alpha value is -1.92. The molecule has 1 aromatic heterocycles. The van der Waals surface area contributed by atoms with Gasteiger partial charge in [-0.05, 0) is 18.9 Å². The van der Waals surface area contributed by atoms with Gasteiger partial charge < -0.3 is 14.2 Å². The highest BCUT2D eigenvalue weighted by Crippen LogP contribution is 2.32. The Kier molecular flexibility index (Phi) is 5.51. The molecule has 2 aliphatic rings.